The summed E-state index contributed by atoms with van der Waals surface area (Å²) >= 11 is 0. The minimum atomic E-state index is -0.609. The van der Waals surface area contributed by atoms with Gasteiger partial charge in [-0.25, -0.2) is 9.18 Å². The summed E-state index contributed by atoms with van der Waals surface area (Å²) in [6, 6.07) is 8.57. The van der Waals surface area contributed by atoms with Crippen molar-refractivity contribution in [3.8, 4) is 11.5 Å². The molecular formula is C20H22FN3O4. The number of rotatable bonds is 4. The van der Waals surface area contributed by atoms with Gasteiger partial charge in [-0.15, -0.1) is 0 Å². The number of urea groups is 1. The third-order valence-electron chi connectivity index (χ3n) is 4.16. The summed E-state index contributed by atoms with van der Waals surface area (Å²) in [6.45, 7) is 4.54. The lowest BCUT2D eigenvalue weighted by Gasteiger charge is -2.21. The smallest absolute Gasteiger partial charge is 0.322 e. The summed E-state index contributed by atoms with van der Waals surface area (Å²) in [5.74, 6) is -0.250. The van der Waals surface area contributed by atoms with Crippen molar-refractivity contribution in [2.45, 2.75) is 26.5 Å². The minimum Gasteiger partial charge on any atom is -0.491 e. The lowest BCUT2D eigenvalue weighted by molar-refractivity contribution is 0.0994. The van der Waals surface area contributed by atoms with Crippen LogP contribution in [0.15, 0.2) is 36.4 Å². The number of hydrogen-bond acceptors (Lipinski definition) is 4. The first-order valence-electron chi connectivity index (χ1n) is 8.91. The molecule has 28 heavy (non-hydrogen) atoms. The van der Waals surface area contributed by atoms with Crippen molar-refractivity contribution in [3.63, 3.8) is 0 Å². The fraction of sp³-hybridized carbons (Fsp3) is 0.300. The van der Waals surface area contributed by atoms with Crippen LogP contribution in [-0.2, 0) is 6.54 Å². The average Bonchev–Trinajstić information content (AvgIpc) is 2.83. The molecule has 0 aromatic heterocycles. The standard InChI is InChI=1S/C20H22FN3O4/c1-12(2)28-18-10-15(5-6-16(18)19(22)25)23-20(26)24-7-8-27-17-9-14(21)4-3-13(17)11-24/h3-6,9-10,12H,7-8,11H2,1-2H3,(H2,22,25)(H,23,26). The van der Waals surface area contributed by atoms with Crippen molar-refractivity contribution >= 4 is 17.6 Å². The largest absolute Gasteiger partial charge is 0.491 e. The van der Waals surface area contributed by atoms with Crippen LogP contribution in [0.2, 0.25) is 0 Å². The quantitative estimate of drug-likeness (QED) is 0.843. The van der Waals surface area contributed by atoms with E-state index in [0.717, 1.165) is 5.56 Å². The fourth-order valence-electron chi connectivity index (χ4n) is 2.87. The Hall–Kier alpha value is -3.29. The lowest BCUT2D eigenvalue weighted by Crippen LogP contribution is -2.36. The Bertz CT molecular complexity index is 901. The number of nitrogens with two attached hydrogens (primary N) is 1. The molecule has 0 saturated carbocycles. The molecule has 148 valence electrons. The molecule has 0 aliphatic carbocycles. The zero-order valence-electron chi connectivity index (χ0n) is 15.7. The molecule has 0 saturated heterocycles. The second-order valence-electron chi connectivity index (χ2n) is 6.69. The monoisotopic (exact) mass is 387 g/mol. The number of primary amides is 1. The van der Waals surface area contributed by atoms with E-state index < -0.39 is 5.91 Å². The van der Waals surface area contributed by atoms with Crippen molar-refractivity contribution in [1.82, 2.24) is 4.90 Å². The van der Waals surface area contributed by atoms with Gasteiger partial charge in [-0.2, -0.15) is 0 Å². The number of carbonyl (C=O) groups is 2. The Morgan fingerprint density at radius 1 is 1.25 bits per heavy atom. The first-order chi connectivity index (χ1) is 13.3. The summed E-state index contributed by atoms with van der Waals surface area (Å²) in [5, 5.41) is 2.79. The third-order valence-corrected chi connectivity index (χ3v) is 4.16. The molecule has 0 fully saturated rings. The number of amides is 3. The maximum Gasteiger partial charge on any atom is 0.322 e. The highest BCUT2D eigenvalue weighted by molar-refractivity contribution is 5.97. The van der Waals surface area contributed by atoms with Crippen LogP contribution in [0.1, 0.15) is 29.8 Å². The number of nitrogens with one attached hydrogen (secondary N) is 1. The maximum absolute atomic E-state index is 13.4. The van der Waals surface area contributed by atoms with Gasteiger partial charge in [0.05, 0.1) is 24.8 Å². The number of benzene rings is 2. The van der Waals surface area contributed by atoms with E-state index in [1.165, 1.54) is 18.2 Å². The molecule has 1 aliphatic heterocycles. The average molecular weight is 387 g/mol. The van der Waals surface area contributed by atoms with Gasteiger partial charge >= 0.3 is 6.03 Å². The predicted octanol–water partition coefficient (Wildman–Crippen LogP) is 3.14. The zero-order valence-corrected chi connectivity index (χ0v) is 15.7. The van der Waals surface area contributed by atoms with Gasteiger partial charge in [0.2, 0.25) is 0 Å². The van der Waals surface area contributed by atoms with Crippen LogP contribution in [0.25, 0.3) is 0 Å². The first kappa shape index (κ1) is 19.5. The highest BCUT2D eigenvalue weighted by atomic mass is 19.1. The summed E-state index contributed by atoms with van der Waals surface area (Å²) < 4.78 is 24.5. The molecule has 0 bridgehead atoms. The molecule has 0 radical (unpaired) electrons. The highest BCUT2D eigenvalue weighted by Crippen LogP contribution is 2.26. The Morgan fingerprint density at radius 3 is 2.75 bits per heavy atom. The van der Waals surface area contributed by atoms with Crippen molar-refractivity contribution in [1.29, 1.82) is 0 Å². The van der Waals surface area contributed by atoms with E-state index in [1.54, 1.807) is 23.1 Å². The van der Waals surface area contributed by atoms with E-state index in [-0.39, 0.29) is 36.7 Å². The number of carbonyl (C=O) groups excluding carboxylic acids is 2. The van der Waals surface area contributed by atoms with E-state index in [0.29, 0.717) is 23.7 Å². The number of nitrogens with zero attached hydrogens (tertiary/aromatic N) is 1. The van der Waals surface area contributed by atoms with Gasteiger partial charge in [0, 0.05) is 23.4 Å². The van der Waals surface area contributed by atoms with Crippen LogP contribution in [-0.4, -0.2) is 36.1 Å². The Balaban J connectivity index is 1.77. The maximum atomic E-state index is 13.4. The number of fused-ring (bicyclic) bond motifs is 1. The van der Waals surface area contributed by atoms with Crippen LogP contribution >= 0.6 is 0 Å². The summed E-state index contributed by atoms with van der Waals surface area (Å²) in [7, 11) is 0. The molecule has 3 rings (SSSR count). The van der Waals surface area contributed by atoms with Crippen LogP contribution in [0.5, 0.6) is 11.5 Å². The number of halogens is 1. The minimum absolute atomic E-state index is 0.163. The van der Waals surface area contributed by atoms with Gasteiger partial charge in [-0.1, -0.05) is 6.07 Å². The molecule has 0 unspecified atom stereocenters. The van der Waals surface area contributed by atoms with Gasteiger partial charge in [-0.3, -0.25) is 4.79 Å². The van der Waals surface area contributed by atoms with Crippen molar-refractivity contribution < 1.29 is 23.5 Å². The van der Waals surface area contributed by atoms with Crippen LogP contribution in [0.3, 0.4) is 0 Å². The van der Waals surface area contributed by atoms with Crippen LogP contribution in [0, 0.1) is 5.82 Å². The molecule has 2 aromatic rings. The van der Waals surface area contributed by atoms with Crippen molar-refractivity contribution in [2.75, 3.05) is 18.5 Å². The Labute approximate surface area is 162 Å². The van der Waals surface area contributed by atoms with E-state index >= 15 is 0 Å². The third kappa shape index (κ3) is 4.51. The van der Waals surface area contributed by atoms with Gasteiger partial charge < -0.3 is 25.4 Å². The molecule has 8 heteroatoms. The molecule has 1 aliphatic rings. The summed E-state index contributed by atoms with van der Waals surface area (Å²) in [5.41, 5.74) is 6.81. The molecule has 7 nitrogen and oxygen atoms in total. The second-order valence-corrected chi connectivity index (χ2v) is 6.69. The van der Waals surface area contributed by atoms with Gasteiger partial charge in [0.15, 0.2) is 0 Å². The highest BCUT2D eigenvalue weighted by Gasteiger charge is 2.21. The molecule has 3 amide bonds. The Kier molecular flexibility index (Phi) is 5.67. The van der Waals surface area contributed by atoms with E-state index in [2.05, 4.69) is 5.32 Å². The van der Waals surface area contributed by atoms with Crippen LogP contribution < -0.4 is 20.5 Å². The zero-order chi connectivity index (χ0) is 20.3. The molecule has 2 aromatic carbocycles. The number of ether oxygens (including phenoxy) is 2. The normalized spacial score (nSPS) is 13.4. The lowest BCUT2D eigenvalue weighted by atomic mass is 10.1. The topological polar surface area (TPSA) is 93.9 Å². The van der Waals surface area contributed by atoms with E-state index in [4.69, 9.17) is 15.2 Å². The molecule has 0 spiro atoms. The number of hydrogen-bond donors (Lipinski definition) is 2. The van der Waals surface area contributed by atoms with Crippen molar-refractivity contribution in [3.05, 3.63) is 53.3 Å². The predicted molar refractivity (Wildman–Crippen MR) is 102 cm³/mol. The summed E-state index contributed by atoms with van der Waals surface area (Å²) in [4.78, 5) is 25.8. The number of anilines is 1. The molecular weight excluding hydrogens is 365 g/mol. The molecule has 0 atom stereocenters. The van der Waals surface area contributed by atoms with Gasteiger partial charge in [0.1, 0.15) is 23.9 Å². The van der Waals surface area contributed by atoms with Gasteiger partial charge in [-0.05, 0) is 32.0 Å². The molecule has 3 N–H and O–H groups in total. The first-order valence-corrected chi connectivity index (χ1v) is 8.91. The van der Waals surface area contributed by atoms with Crippen molar-refractivity contribution in [2.24, 2.45) is 5.73 Å². The second kappa shape index (κ2) is 8.16. The SMILES string of the molecule is CC(C)Oc1cc(NC(=O)N2CCOc3cc(F)ccc3C2)ccc1C(N)=O. The Morgan fingerprint density at radius 2 is 2.04 bits per heavy atom. The fourth-order valence-corrected chi connectivity index (χ4v) is 2.87. The van der Waals surface area contributed by atoms with E-state index in [1.807, 2.05) is 13.8 Å². The van der Waals surface area contributed by atoms with Crippen LogP contribution in [0.4, 0.5) is 14.9 Å². The van der Waals surface area contributed by atoms with Gasteiger partial charge in [0.25, 0.3) is 5.91 Å². The summed E-state index contributed by atoms with van der Waals surface area (Å²) in [6.07, 6.45) is -0.163. The van der Waals surface area contributed by atoms with E-state index in [9.17, 15) is 14.0 Å². The molecule has 1 heterocycles.